The number of fused-ring (bicyclic) bond motifs is 4. The average Bonchev–Trinajstić information content (AvgIpc) is 2.86. The van der Waals surface area contributed by atoms with Gasteiger partial charge in [0, 0.05) is 47.3 Å². The van der Waals surface area contributed by atoms with Gasteiger partial charge in [-0.05, 0) is 53.6 Å². The zero-order valence-corrected chi connectivity index (χ0v) is 17.8. The number of ether oxygens (including phenoxy) is 2. The Morgan fingerprint density at radius 2 is 1.76 bits per heavy atom. The second-order valence-corrected chi connectivity index (χ2v) is 8.14. The van der Waals surface area contributed by atoms with Crippen LogP contribution in [0.1, 0.15) is 17.5 Å². The minimum absolute atomic E-state index is 0.00444. The quantitative estimate of drug-likeness (QED) is 0.421. The summed E-state index contributed by atoms with van der Waals surface area (Å²) in [6, 6.07) is 15.4. The molecule has 4 aromatic rings. The number of benzene rings is 2. The molecule has 2 N–H and O–H groups in total. The number of halogens is 2. The van der Waals surface area contributed by atoms with Gasteiger partial charge in [-0.15, -0.1) is 0 Å². The SMILES string of the molecule is NC1=NC2(CCO1)c1cc(-c3cccnc3F)ccc1Oc1c(F)cc(-c3cccnc3)cc12. The van der Waals surface area contributed by atoms with E-state index < -0.39 is 17.3 Å². The van der Waals surface area contributed by atoms with Crippen molar-refractivity contribution in [1.29, 1.82) is 0 Å². The van der Waals surface area contributed by atoms with Gasteiger partial charge in [0.1, 0.15) is 11.3 Å². The van der Waals surface area contributed by atoms with Crippen molar-refractivity contribution < 1.29 is 18.3 Å². The average molecular weight is 456 g/mol. The molecule has 1 unspecified atom stereocenters. The summed E-state index contributed by atoms with van der Waals surface area (Å²) in [4.78, 5) is 12.6. The Labute approximate surface area is 193 Å². The van der Waals surface area contributed by atoms with Gasteiger partial charge in [0.15, 0.2) is 11.6 Å². The third-order valence-corrected chi connectivity index (χ3v) is 6.21. The zero-order valence-electron chi connectivity index (χ0n) is 17.8. The minimum atomic E-state index is -1.07. The van der Waals surface area contributed by atoms with Crippen molar-refractivity contribution in [2.45, 2.75) is 12.0 Å². The highest BCUT2D eigenvalue weighted by Crippen LogP contribution is 2.54. The van der Waals surface area contributed by atoms with Crippen LogP contribution < -0.4 is 10.5 Å². The molecule has 2 aliphatic rings. The standard InChI is InChI=1S/C26H18F2N4O2/c27-21-13-17(16-3-1-8-30-14-16)12-20-23(21)34-22-6-5-15(18-4-2-9-31-24(18)28)11-19(22)26(20)7-10-33-25(29)32-26/h1-6,8-9,11-14H,7,10H2,(H2,29,32). The summed E-state index contributed by atoms with van der Waals surface area (Å²) in [7, 11) is 0. The topological polar surface area (TPSA) is 82.6 Å². The molecule has 6 rings (SSSR count). The van der Waals surface area contributed by atoms with Gasteiger partial charge in [0.2, 0.25) is 5.95 Å². The molecule has 2 aromatic heterocycles. The molecule has 8 heteroatoms. The molecule has 0 fully saturated rings. The molecule has 34 heavy (non-hydrogen) atoms. The number of aliphatic imine (C=N–C) groups is 1. The van der Waals surface area contributed by atoms with Crippen LogP contribution in [0.25, 0.3) is 22.3 Å². The van der Waals surface area contributed by atoms with E-state index in [0.29, 0.717) is 40.0 Å². The van der Waals surface area contributed by atoms with Crippen molar-refractivity contribution >= 4 is 6.02 Å². The van der Waals surface area contributed by atoms with Crippen LogP contribution in [0, 0.1) is 11.8 Å². The molecule has 2 aromatic carbocycles. The first-order valence-electron chi connectivity index (χ1n) is 10.7. The van der Waals surface area contributed by atoms with E-state index in [1.54, 1.807) is 48.8 Å². The predicted molar refractivity (Wildman–Crippen MR) is 122 cm³/mol. The first kappa shape index (κ1) is 20.3. The number of hydrogen-bond donors (Lipinski definition) is 1. The Kier molecular flexibility index (Phi) is 4.55. The van der Waals surface area contributed by atoms with E-state index >= 15 is 4.39 Å². The molecule has 0 amide bonds. The summed E-state index contributed by atoms with van der Waals surface area (Å²) in [5, 5.41) is 0. The van der Waals surface area contributed by atoms with Gasteiger partial charge >= 0.3 is 0 Å². The summed E-state index contributed by atoms with van der Waals surface area (Å²) in [5.74, 6) is -0.608. The first-order chi connectivity index (χ1) is 16.5. The van der Waals surface area contributed by atoms with E-state index in [0.717, 1.165) is 5.56 Å². The molecule has 2 aliphatic heterocycles. The normalized spacial score (nSPS) is 18.4. The van der Waals surface area contributed by atoms with Crippen molar-refractivity contribution in [2.24, 2.45) is 10.7 Å². The van der Waals surface area contributed by atoms with E-state index in [2.05, 4.69) is 15.0 Å². The van der Waals surface area contributed by atoms with E-state index in [-0.39, 0.29) is 18.4 Å². The van der Waals surface area contributed by atoms with Gasteiger partial charge in [-0.3, -0.25) is 4.98 Å². The van der Waals surface area contributed by atoms with Crippen molar-refractivity contribution in [3.8, 4) is 33.8 Å². The highest BCUT2D eigenvalue weighted by atomic mass is 19.1. The third-order valence-electron chi connectivity index (χ3n) is 6.21. The predicted octanol–water partition coefficient (Wildman–Crippen LogP) is 5.17. The van der Waals surface area contributed by atoms with Crippen molar-refractivity contribution in [2.75, 3.05) is 6.61 Å². The van der Waals surface area contributed by atoms with Gasteiger partial charge in [0.05, 0.1) is 6.61 Å². The molecule has 168 valence electrons. The second-order valence-electron chi connectivity index (χ2n) is 8.14. The maximum absolute atomic E-state index is 15.4. The molecule has 6 nitrogen and oxygen atoms in total. The monoisotopic (exact) mass is 456 g/mol. The lowest BCUT2D eigenvalue weighted by Gasteiger charge is -2.39. The lowest BCUT2D eigenvalue weighted by molar-refractivity contribution is 0.218. The van der Waals surface area contributed by atoms with E-state index in [1.165, 1.54) is 12.3 Å². The number of amidine groups is 1. The number of rotatable bonds is 2. The summed E-state index contributed by atoms with van der Waals surface area (Å²) < 4.78 is 41.4. The van der Waals surface area contributed by atoms with E-state index in [1.807, 2.05) is 12.1 Å². The fourth-order valence-corrected chi connectivity index (χ4v) is 4.64. The molecule has 0 aliphatic carbocycles. The number of hydrogen-bond acceptors (Lipinski definition) is 6. The molecule has 0 saturated carbocycles. The summed E-state index contributed by atoms with van der Waals surface area (Å²) in [6.07, 6.45) is 5.11. The van der Waals surface area contributed by atoms with Crippen LogP contribution >= 0.6 is 0 Å². The third kappa shape index (κ3) is 3.10. The molecule has 0 saturated heterocycles. The van der Waals surface area contributed by atoms with E-state index in [4.69, 9.17) is 15.2 Å². The lowest BCUT2D eigenvalue weighted by Crippen LogP contribution is -2.38. The summed E-state index contributed by atoms with van der Waals surface area (Å²) >= 11 is 0. The molecule has 4 heterocycles. The molecule has 0 bridgehead atoms. The molecule has 1 spiro atoms. The van der Waals surface area contributed by atoms with Gasteiger partial charge in [0.25, 0.3) is 6.02 Å². The Balaban J connectivity index is 1.61. The fraction of sp³-hybridized carbons (Fsp3) is 0.115. The fourth-order valence-electron chi connectivity index (χ4n) is 4.64. The van der Waals surface area contributed by atoms with Crippen LogP contribution in [0.5, 0.6) is 11.5 Å². The number of nitrogens with zero attached hydrogens (tertiary/aromatic N) is 3. The minimum Gasteiger partial charge on any atom is -0.465 e. The molecule has 0 radical (unpaired) electrons. The van der Waals surface area contributed by atoms with Crippen molar-refractivity contribution in [1.82, 2.24) is 9.97 Å². The van der Waals surface area contributed by atoms with Crippen LogP contribution in [0.2, 0.25) is 0 Å². The number of pyridine rings is 2. The van der Waals surface area contributed by atoms with Gasteiger partial charge < -0.3 is 15.2 Å². The van der Waals surface area contributed by atoms with Gasteiger partial charge in [-0.2, -0.15) is 4.39 Å². The van der Waals surface area contributed by atoms with Crippen molar-refractivity contribution in [3.05, 3.63) is 96.1 Å². The Hall–Kier alpha value is -4.33. The Bertz CT molecular complexity index is 1460. The zero-order chi connectivity index (χ0) is 23.3. The van der Waals surface area contributed by atoms with Crippen LogP contribution in [0.4, 0.5) is 8.78 Å². The van der Waals surface area contributed by atoms with Crippen LogP contribution in [-0.2, 0) is 10.3 Å². The van der Waals surface area contributed by atoms with Crippen LogP contribution in [0.15, 0.2) is 78.2 Å². The second kappa shape index (κ2) is 7.62. The summed E-state index contributed by atoms with van der Waals surface area (Å²) in [5.41, 5.74) is 8.44. The highest BCUT2D eigenvalue weighted by Gasteiger charge is 2.46. The largest absolute Gasteiger partial charge is 0.465 e. The lowest BCUT2D eigenvalue weighted by atomic mass is 9.76. The first-order valence-corrected chi connectivity index (χ1v) is 10.7. The number of aromatic nitrogens is 2. The van der Waals surface area contributed by atoms with Crippen LogP contribution in [0.3, 0.4) is 0 Å². The van der Waals surface area contributed by atoms with E-state index in [9.17, 15) is 4.39 Å². The molecular formula is C26H18F2N4O2. The molecule has 1 atom stereocenters. The van der Waals surface area contributed by atoms with Crippen LogP contribution in [-0.4, -0.2) is 22.6 Å². The smallest absolute Gasteiger partial charge is 0.283 e. The Morgan fingerprint density at radius 1 is 0.912 bits per heavy atom. The van der Waals surface area contributed by atoms with Gasteiger partial charge in [-0.1, -0.05) is 12.1 Å². The maximum atomic E-state index is 15.4. The highest BCUT2D eigenvalue weighted by molar-refractivity contribution is 5.77. The maximum Gasteiger partial charge on any atom is 0.283 e. The Morgan fingerprint density at radius 3 is 2.56 bits per heavy atom. The van der Waals surface area contributed by atoms with Crippen molar-refractivity contribution in [3.63, 3.8) is 0 Å². The molecular weight excluding hydrogens is 438 g/mol. The van der Waals surface area contributed by atoms with Gasteiger partial charge in [-0.25, -0.2) is 14.4 Å². The number of nitrogens with two attached hydrogens (primary N) is 1. The summed E-state index contributed by atoms with van der Waals surface area (Å²) in [6.45, 7) is 0.276.